The highest BCUT2D eigenvalue weighted by atomic mass is 79.9. The number of nitriles is 1. The van der Waals surface area contributed by atoms with Gasteiger partial charge in [0.2, 0.25) is 11.8 Å². The maximum atomic E-state index is 14.0. The molecule has 1 aliphatic rings. The molecular weight excluding hydrogens is 577 g/mol. The molecule has 0 saturated heterocycles. The number of thioether (sulfide) groups is 1. The van der Waals surface area contributed by atoms with Crippen molar-refractivity contribution < 1.29 is 28.2 Å². The summed E-state index contributed by atoms with van der Waals surface area (Å²) in [6.45, 7) is 2.18. The van der Waals surface area contributed by atoms with Gasteiger partial charge in [-0.2, -0.15) is 5.26 Å². The highest BCUT2D eigenvalue weighted by Gasteiger charge is 2.44. The molecule has 2 aromatic carbocycles. The molecule has 2 atom stereocenters. The van der Waals surface area contributed by atoms with E-state index in [-0.39, 0.29) is 27.1 Å². The zero-order valence-corrected chi connectivity index (χ0v) is 22.2. The topological polar surface area (TPSA) is 118 Å². The van der Waals surface area contributed by atoms with E-state index in [2.05, 4.69) is 26.6 Å². The number of benzene rings is 2. The van der Waals surface area contributed by atoms with Gasteiger partial charge in [-0.25, -0.2) is 4.39 Å². The quantitative estimate of drug-likeness (QED) is 0.334. The van der Waals surface area contributed by atoms with Crippen LogP contribution in [0.5, 0.6) is 5.75 Å². The molecule has 2 aromatic rings. The predicted molar refractivity (Wildman–Crippen MR) is 137 cm³/mol. The summed E-state index contributed by atoms with van der Waals surface area (Å²) in [5.74, 6) is -4.91. The molecule has 1 heterocycles. The molecule has 0 saturated carbocycles. The molecule has 1 aliphatic heterocycles. The highest BCUT2D eigenvalue weighted by molar-refractivity contribution is 9.10. The van der Waals surface area contributed by atoms with Crippen molar-refractivity contribution in [3.63, 3.8) is 0 Å². The first-order chi connectivity index (χ1) is 17.2. The highest BCUT2D eigenvalue weighted by Crippen LogP contribution is 2.42. The second-order valence-electron chi connectivity index (χ2n) is 7.41. The van der Waals surface area contributed by atoms with Crippen LogP contribution in [0.15, 0.2) is 51.5 Å². The third kappa shape index (κ3) is 6.19. The Balaban J connectivity index is 1.92. The Hall–Kier alpha value is -3.07. The summed E-state index contributed by atoms with van der Waals surface area (Å²) in [7, 11) is 1.14. The predicted octanol–water partition coefficient (Wildman–Crippen LogP) is 4.75. The van der Waals surface area contributed by atoms with Gasteiger partial charge in [0.05, 0.1) is 46.9 Å². The fraction of sp³-hybridized carbons (Fsp3) is 0.250. The van der Waals surface area contributed by atoms with E-state index in [1.807, 2.05) is 6.07 Å². The molecule has 0 aromatic heterocycles. The number of amides is 2. The molecule has 0 aliphatic carbocycles. The molecule has 2 amide bonds. The Kier molecular flexibility index (Phi) is 9.37. The number of carbonyl (C=O) groups excluding carboxylic acids is 3. The van der Waals surface area contributed by atoms with Gasteiger partial charge in [-0.1, -0.05) is 45.4 Å². The molecule has 8 nitrogen and oxygen atoms in total. The minimum Gasteiger partial charge on any atom is -0.492 e. The second kappa shape index (κ2) is 12.3. The Labute approximate surface area is 224 Å². The molecule has 36 heavy (non-hydrogen) atoms. The molecule has 0 fully saturated rings. The molecule has 0 spiro atoms. The number of allylic oxidation sites excluding steroid dienone is 1. The summed E-state index contributed by atoms with van der Waals surface area (Å²) in [6.07, 6.45) is 0. The number of halogens is 3. The van der Waals surface area contributed by atoms with Crippen LogP contribution in [0.1, 0.15) is 18.4 Å². The lowest BCUT2D eigenvalue weighted by molar-refractivity contribution is -0.150. The third-order valence-corrected chi connectivity index (χ3v) is 6.96. The van der Waals surface area contributed by atoms with Gasteiger partial charge in [0.25, 0.3) is 0 Å². The number of carbonyl (C=O) groups is 3. The van der Waals surface area contributed by atoms with E-state index in [0.717, 1.165) is 18.9 Å². The van der Waals surface area contributed by atoms with Gasteiger partial charge in [-0.15, -0.1) is 0 Å². The van der Waals surface area contributed by atoms with E-state index in [4.69, 9.17) is 21.1 Å². The standard InChI is InChI=1S/C24H20BrClFN3O5S/c1-3-35-18-7-4-12(8-15(18)26)20-14(10-28)23(30-22(32)21(20)24(33)34-2)36-11-19(31)29-17-6-5-13(25)9-16(17)27/h4-9,20-21H,3,11H2,1-2H3,(H,29,31)(H,30,32)/t20-,21+/m0/s1. The molecule has 12 heteroatoms. The first kappa shape index (κ1) is 27.5. The number of ether oxygens (including phenoxy) is 2. The van der Waals surface area contributed by atoms with Crippen molar-refractivity contribution >= 4 is 62.8 Å². The van der Waals surface area contributed by atoms with E-state index >= 15 is 0 Å². The number of nitrogens with one attached hydrogen (secondary N) is 2. The number of hydrogen-bond acceptors (Lipinski definition) is 7. The van der Waals surface area contributed by atoms with Crippen LogP contribution in [0.3, 0.4) is 0 Å². The van der Waals surface area contributed by atoms with Gasteiger partial charge in [0.1, 0.15) is 17.5 Å². The summed E-state index contributed by atoms with van der Waals surface area (Å²) < 4.78 is 24.8. The van der Waals surface area contributed by atoms with Crippen LogP contribution >= 0.6 is 39.3 Å². The van der Waals surface area contributed by atoms with Crippen molar-refractivity contribution in [2.75, 3.05) is 24.8 Å². The Morgan fingerprint density at radius 1 is 1.31 bits per heavy atom. The first-order valence-electron chi connectivity index (χ1n) is 10.5. The monoisotopic (exact) mass is 595 g/mol. The van der Waals surface area contributed by atoms with Crippen LogP contribution in [0.25, 0.3) is 0 Å². The minimum absolute atomic E-state index is 0.0152. The Morgan fingerprint density at radius 2 is 2.06 bits per heavy atom. The fourth-order valence-corrected chi connectivity index (χ4v) is 5.00. The number of rotatable bonds is 8. The molecule has 3 rings (SSSR count). The number of hydrogen-bond donors (Lipinski definition) is 2. The van der Waals surface area contributed by atoms with Crippen molar-refractivity contribution in [2.45, 2.75) is 12.8 Å². The molecule has 188 valence electrons. The lowest BCUT2D eigenvalue weighted by atomic mass is 9.78. The van der Waals surface area contributed by atoms with Crippen molar-refractivity contribution in [3.8, 4) is 11.8 Å². The minimum atomic E-state index is -1.35. The average molecular weight is 597 g/mol. The zero-order chi connectivity index (χ0) is 26.4. The molecule has 2 N–H and O–H groups in total. The van der Waals surface area contributed by atoms with Gasteiger partial charge in [-0.3, -0.25) is 14.4 Å². The SMILES string of the molecule is CCOc1ccc([C@H]2C(C#N)=C(SCC(=O)Nc3ccc(Br)cc3F)NC(=O)[C@@H]2C(=O)OC)cc1Cl. The first-order valence-corrected chi connectivity index (χ1v) is 12.7. The molecular formula is C24H20BrClFN3O5S. The van der Waals surface area contributed by atoms with Crippen LogP contribution in [-0.2, 0) is 19.1 Å². The van der Waals surface area contributed by atoms with Gasteiger partial charge in [0.15, 0.2) is 0 Å². The summed E-state index contributed by atoms with van der Waals surface area (Å²) in [6, 6.07) is 10.9. The number of nitrogens with zero attached hydrogens (tertiary/aromatic N) is 1. The summed E-state index contributed by atoms with van der Waals surface area (Å²) >= 11 is 10.3. The maximum Gasteiger partial charge on any atom is 0.319 e. The van der Waals surface area contributed by atoms with Crippen LogP contribution in [0, 0.1) is 23.1 Å². The lowest BCUT2D eigenvalue weighted by Gasteiger charge is -2.31. The van der Waals surface area contributed by atoms with Gasteiger partial charge < -0.3 is 20.1 Å². The van der Waals surface area contributed by atoms with E-state index in [1.54, 1.807) is 25.1 Å². The molecule has 0 unspecified atom stereocenters. The van der Waals surface area contributed by atoms with E-state index in [9.17, 15) is 24.0 Å². The van der Waals surface area contributed by atoms with Gasteiger partial charge in [0, 0.05) is 10.4 Å². The van der Waals surface area contributed by atoms with Crippen LogP contribution < -0.4 is 15.4 Å². The van der Waals surface area contributed by atoms with Crippen LogP contribution in [0.4, 0.5) is 10.1 Å². The fourth-order valence-electron chi connectivity index (χ4n) is 3.58. The molecule has 0 bridgehead atoms. The molecule has 0 radical (unpaired) electrons. The van der Waals surface area contributed by atoms with Crippen molar-refractivity contribution in [1.29, 1.82) is 5.26 Å². The van der Waals surface area contributed by atoms with Crippen LogP contribution in [-0.4, -0.2) is 37.3 Å². The van der Waals surface area contributed by atoms with Crippen molar-refractivity contribution in [1.82, 2.24) is 5.32 Å². The largest absolute Gasteiger partial charge is 0.492 e. The van der Waals surface area contributed by atoms with E-state index in [0.29, 0.717) is 22.4 Å². The Morgan fingerprint density at radius 3 is 2.67 bits per heavy atom. The summed E-state index contributed by atoms with van der Waals surface area (Å²) in [5.41, 5.74) is 0.459. The average Bonchev–Trinajstić information content (AvgIpc) is 2.84. The van der Waals surface area contributed by atoms with E-state index in [1.165, 1.54) is 18.2 Å². The Bertz CT molecular complexity index is 1280. The normalized spacial score (nSPS) is 17.2. The number of anilines is 1. The lowest BCUT2D eigenvalue weighted by Crippen LogP contribution is -2.44. The maximum absolute atomic E-state index is 14.0. The van der Waals surface area contributed by atoms with Crippen molar-refractivity contribution in [3.05, 3.63) is 67.9 Å². The van der Waals surface area contributed by atoms with Crippen molar-refractivity contribution in [2.24, 2.45) is 5.92 Å². The number of methoxy groups -OCH3 is 1. The van der Waals surface area contributed by atoms with E-state index < -0.39 is 35.4 Å². The summed E-state index contributed by atoms with van der Waals surface area (Å²) in [4.78, 5) is 37.9. The van der Waals surface area contributed by atoms with Gasteiger partial charge >= 0.3 is 5.97 Å². The van der Waals surface area contributed by atoms with Crippen LogP contribution in [0.2, 0.25) is 5.02 Å². The van der Waals surface area contributed by atoms with Gasteiger partial charge in [-0.05, 0) is 42.8 Å². The smallest absolute Gasteiger partial charge is 0.319 e. The summed E-state index contributed by atoms with van der Waals surface area (Å²) in [5, 5.41) is 15.3. The zero-order valence-electron chi connectivity index (χ0n) is 19.1. The number of esters is 1. The second-order valence-corrected chi connectivity index (χ2v) is 9.71. The third-order valence-electron chi connectivity index (χ3n) is 5.15.